The summed E-state index contributed by atoms with van der Waals surface area (Å²) in [5, 5.41) is 0. The smallest absolute Gasteiger partial charge is 0.127 e. The van der Waals surface area contributed by atoms with E-state index in [0.29, 0.717) is 34.5 Å². The van der Waals surface area contributed by atoms with Crippen LogP contribution in [0, 0.1) is 0 Å². The van der Waals surface area contributed by atoms with Gasteiger partial charge in [0.25, 0.3) is 0 Å². The zero-order chi connectivity index (χ0) is 36.6. The van der Waals surface area contributed by atoms with Crippen molar-refractivity contribution in [2.75, 3.05) is 42.7 Å². The molecule has 0 saturated heterocycles. The van der Waals surface area contributed by atoms with Crippen LogP contribution in [0.15, 0.2) is 91.0 Å². The Labute approximate surface area is 305 Å². The van der Waals surface area contributed by atoms with Crippen LogP contribution in [0.1, 0.15) is 11.4 Å². The van der Waals surface area contributed by atoms with Crippen LogP contribution >= 0.6 is 0 Å². The number of aromatic nitrogens is 4. The Morgan fingerprint density at radius 2 is 0.698 bits per heavy atom. The van der Waals surface area contributed by atoms with Crippen molar-refractivity contribution in [1.29, 1.82) is 0 Å². The Bertz CT molecular complexity index is 2670. The van der Waals surface area contributed by atoms with Crippen molar-refractivity contribution in [1.82, 2.24) is 19.9 Å². The van der Waals surface area contributed by atoms with Crippen LogP contribution in [0.5, 0.6) is 34.5 Å². The second-order valence-corrected chi connectivity index (χ2v) is 12.4. The first-order valence-electron chi connectivity index (χ1n) is 17.0. The Morgan fingerprint density at radius 3 is 1.09 bits per heavy atom. The molecule has 53 heavy (non-hydrogen) atoms. The van der Waals surface area contributed by atoms with Gasteiger partial charge in [-0.25, -0.2) is 4.98 Å². The highest BCUT2D eigenvalue weighted by Gasteiger charge is 2.20. The zero-order valence-electron chi connectivity index (χ0n) is 30.2. The average Bonchev–Trinajstić information content (AvgIpc) is 4.04. The number of hydrogen-bond acceptors (Lipinski definition) is 7. The third kappa shape index (κ3) is 5.84. The first kappa shape index (κ1) is 33.3. The van der Waals surface area contributed by atoms with Gasteiger partial charge in [-0.2, -0.15) is 0 Å². The Morgan fingerprint density at radius 1 is 0.358 bits per heavy atom. The fourth-order valence-corrected chi connectivity index (χ4v) is 7.04. The summed E-state index contributed by atoms with van der Waals surface area (Å²) < 4.78 is 34.9. The van der Waals surface area contributed by atoms with Crippen molar-refractivity contribution >= 4 is 45.3 Å². The largest absolute Gasteiger partial charge is 0.497 e. The monoisotopic (exact) mass is 706 g/mol. The highest BCUT2D eigenvalue weighted by molar-refractivity contribution is 6.02. The van der Waals surface area contributed by atoms with Gasteiger partial charge in [-0.15, -0.1) is 0 Å². The van der Waals surface area contributed by atoms with Gasteiger partial charge < -0.3 is 43.4 Å². The van der Waals surface area contributed by atoms with Crippen LogP contribution in [0.4, 0.5) is 0 Å². The van der Waals surface area contributed by atoms with E-state index >= 15 is 0 Å². The van der Waals surface area contributed by atoms with Gasteiger partial charge in [0.15, 0.2) is 0 Å². The van der Waals surface area contributed by atoms with Gasteiger partial charge in [-0.1, -0.05) is 0 Å². The molecule has 3 N–H and O–H groups in total. The normalized spacial score (nSPS) is 11.5. The van der Waals surface area contributed by atoms with Crippen LogP contribution in [-0.2, 0) is 0 Å². The molecule has 8 bridgehead atoms. The molecule has 10 heteroatoms. The van der Waals surface area contributed by atoms with E-state index in [-0.39, 0.29) is 0 Å². The molecule has 1 aliphatic rings. The number of aromatic amines is 3. The number of methoxy groups -OCH3 is 6. The van der Waals surface area contributed by atoms with E-state index in [1.54, 1.807) is 42.7 Å². The van der Waals surface area contributed by atoms with Crippen molar-refractivity contribution < 1.29 is 28.4 Å². The molecule has 7 aromatic rings. The molecule has 1 aliphatic heterocycles. The van der Waals surface area contributed by atoms with E-state index in [0.717, 1.165) is 77.9 Å². The second-order valence-electron chi connectivity index (χ2n) is 12.4. The Balaban J connectivity index is 1.59. The molecule has 3 aromatic carbocycles. The number of nitrogens with zero attached hydrogens (tertiary/aromatic N) is 1. The summed E-state index contributed by atoms with van der Waals surface area (Å²) in [6, 6.07) is 29.7. The lowest BCUT2D eigenvalue weighted by Crippen LogP contribution is -1.93. The molecule has 0 fully saturated rings. The number of fused-ring (bicyclic) bond motifs is 9. The fraction of sp³-hybridized carbons (Fsp3) is 0.140. The van der Waals surface area contributed by atoms with E-state index in [1.807, 2.05) is 72.8 Å². The van der Waals surface area contributed by atoms with Crippen LogP contribution in [-0.4, -0.2) is 62.6 Å². The summed E-state index contributed by atoms with van der Waals surface area (Å²) in [7, 11) is 9.97. The average molecular weight is 707 g/mol. The maximum Gasteiger partial charge on any atom is 0.127 e. The summed E-state index contributed by atoms with van der Waals surface area (Å²) >= 11 is 0. The molecular formula is C43H38N4O6. The van der Waals surface area contributed by atoms with Crippen molar-refractivity contribution in [3.8, 4) is 67.9 Å². The van der Waals surface area contributed by atoms with Crippen LogP contribution < -0.4 is 28.4 Å². The minimum atomic E-state index is 0.680. The van der Waals surface area contributed by atoms with Crippen molar-refractivity contribution in [2.45, 2.75) is 0 Å². The number of nitrogens with one attached hydrogen (secondary N) is 3. The maximum atomic E-state index is 5.96. The molecule has 0 aliphatic carbocycles. The topological polar surface area (TPSA) is 116 Å². The lowest BCUT2D eigenvalue weighted by molar-refractivity contribution is 0.404. The Kier molecular flexibility index (Phi) is 8.63. The maximum absolute atomic E-state index is 5.96. The third-order valence-corrected chi connectivity index (χ3v) is 9.60. The highest BCUT2D eigenvalue weighted by Crippen LogP contribution is 2.43. The molecule has 10 nitrogen and oxygen atoms in total. The zero-order valence-corrected chi connectivity index (χ0v) is 30.2. The predicted molar refractivity (Wildman–Crippen MR) is 211 cm³/mol. The van der Waals surface area contributed by atoms with E-state index in [2.05, 4.69) is 45.3 Å². The SMILES string of the molecule is COc1ccc(OC)c(-c2c3nc(c4ccc([nH]4)c(-c4cc(OC)ccc4OC)c4ccc([nH]4)c(-c4cc(OC)ccc4OC)c4ccc2[nH]4)C=C3)c1. The minimum absolute atomic E-state index is 0.680. The van der Waals surface area contributed by atoms with E-state index in [4.69, 9.17) is 33.4 Å². The lowest BCUT2D eigenvalue weighted by atomic mass is 10.0. The molecule has 0 saturated carbocycles. The Hall–Kier alpha value is -6.81. The van der Waals surface area contributed by atoms with Crippen LogP contribution in [0.2, 0.25) is 0 Å². The van der Waals surface area contributed by atoms with Crippen molar-refractivity contribution in [3.05, 3.63) is 102 Å². The van der Waals surface area contributed by atoms with Gasteiger partial charge in [0.05, 0.1) is 59.6 Å². The van der Waals surface area contributed by atoms with E-state index in [1.165, 1.54) is 0 Å². The van der Waals surface area contributed by atoms with Gasteiger partial charge in [-0.05, 0) is 103 Å². The van der Waals surface area contributed by atoms with Crippen molar-refractivity contribution in [2.24, 2.45) is 0 Å². The highest BCUT2D eigenvalue weighted by atomic mass is 16.5. The standard InChI is InChI=1S/C43H38N4O6/c1-48-24-7-18-38(51-4)27(21-24)41-32-12-10-30(44-32)31-11-13-33(45-31)42(28-22-25(49-2)8-19-39(28)52-5)35-15-17-37(47-35)43(36-16-14-34(41)46-36)29-23-26(50-3)9-20-40(29)53-6/h7-23,44,46-47H,1-6H3. The first-order valence-corrected chi connectivity index (χ1v) is 17.0. The molecule has 0 radical (unpaired) electrons. The van der Waals surface area contributed by atoms with Crippen LogP contribution in [0.3, 0.4) is 0 Å². The summed E-state index contributed by atoms with van der Waals surface area (Å²) in [6.45, 7) is 0. The first-order chi connectivity index (χ1) is 26.0. The number of H-pyrrole nitrogens is 3. The molecule has 266 valence electrons. The summed E-state index contributed by atoms with van der Waals surface area (Å²) in [5.74, 6) is 4.14. The molecule has 0 amide bonds. The summed E-state index contributed by atoms with van der Waals surface area (Å²) in [5.41, 5.74) is 11.7. The van der Waals surface area contributed by atoms with Gasteiger partial charge in [0.2, 0.25) is 0 Å². The molecule has 5 heterocycles. The minimum Gasteiger partial charge on any atom is -0.497 e. The lowest BCUT2D eigenvalue weighted by Gasteiger charge is -2.12. The molecule has 0 spiro atoms. The second kappa shape index (κ2) is 13.7. The number of benzene rings is 3. The van der Waals surface area contributed by atoms with E-state index in [9.17, 15) is 0 Å². The summed E-state index contributed by atoms with van der Waals surface area (Å²) in [4.78, 5) is 16.4. The van der Waals surface area contributed by atoms with Gasteiger partial charge in [-0.3, -0.25) is 0 Å². The molecular weight excluding hydrogens is 668 g/mol. The van der Waals surface area contributed by atoms with Crippen LogP contribution in [0.25, 0.3) is 78.6 Å². The molecule has 8 rings (SSSR count). The van der Waals surface area contributed by atoms with Gasteiger partial charge in [0, 0.05) is 61.0 Å². The number of hydrogen-bond donors (Lipinski definition) is 3. The van der Waals surface area contributed by atoms with E-state index < -0.39 is 0 Å². The summed E-state index contributed by atoms with van der Waals surface area (Å²) in [6.07, 6.45) is 4.04. The molecule has 0 atom stereocenters. The predicted octanol–water partition coefficient (Wildman–Crippen LogP) is 9.75. The quantitative estimate of drug-likeness (QED) is 0.137. The van der Waals surface area contributed by atoms with Gasteiger partial charge in [0.1, 0.15) is 34.5 Å². The fourth-order valence-electron chi connectivity index (χ4n) is 7.04. The molecule has 0 unspecified atom stereocenters. The number of ether oxygens (including phenoxy) is 6. The number of rotatable bonds is 9. The van der Waals surface area contributed by atoms with Gasteiger partial charge >= 0.3 is 0 Å². The third-order valence-electron chi connectivity index (χ3n) is 9.60. The molecule has 4 aromatic heterocycles. The van der Waals surface area contributed by atoms with Crippen molar-refractivity contribution in [3.63, 3.8) is 0 Å².